The summed E-state index contributed by atoms with van der Waals surface area (Å²) in [6.07, 6.45) is 4.43. The lowest BCUT2D eigenvalue weighted by atomic mass is 10.1. The van der Waals surface area contributed by atoms with Crippen molar-refractivity contribution >= 4 is 23.4 Å². The summed E-state index contributed by atoms with van der Waals surface area (Å²) in [5.74, 6) is 5.44. The lowest BCUT2D eigenvalue weighted by Crippen LogP contribution is -2.26. The topological polar surface area (TPSA) is 49.8 Å². The first-order valence-corrected chi connectivity index (χ1v) is 8.85. The smallest absolute Gasteiger partial charge is 0.134 e. The number of hydrogen-bond acceptors (Lipinski definition) is 5. The van der Waals surface area contributed by atoms with E-state index in [-0.39, 0.29) is 0 Å². The molecule has 0 aromatic carbocycles. The van der Waals surface area contributed by atoms with Gasteiger partial charge in [0, 0.05) is 24.6 Å². The van der Waals surface area contributed by atoms with E-state index in [2.05, 4.69) is 53.1 Å². The van der Waals surface area contributed by atoms with Crippen molar-refractivity contribution in [3.05, 3.63) is 11.4 Å². The molecular formula is C15H26N4S. The summed E-state index contributed by atoms with van der Waals surface area (Å²) in [4.78, 5) is 9.30. The summed E-state index contributed by atoms with van der Waals surface area (Å²) in [6.45, 7) is 7.34. The molecule has 1 aromatic heterocycles. The molecule has 1 fully saturated rings. The highest BCUT2D eigenvalue weighted by Gasteiger charge is 2.17. The predicted octanol–water partition coefficient (Wildman–Crippen LogP) is 3.48. The third-order valence-corrected chi connectivity index (χ3v) is 4.66. The number of thioether (sulfide) groups is 1. The molecule has 0 atom stereocenters. The highest BCUT2D eigenvalue weighted by Crippen LogP contribution is 2.25. The van der Waals surface area contributed by atoms with E-state index in [0.29, 0.717) is 6.04 Å². The zero-order chi connectivity index (χ0) is 14.4. The van der Waals surface area contributed by atoms with Gasteiger partial charge in [0.2, 0.25) is 0 Å². The number of rotatable bonds is 6. The normalized spacial score (nSPS) is 16.1. The molecular weight excluding hydrogens is 268 g/mol. The summed E-state index contributed by atoms with van der Waals surface area (Å²) < 4.78 is 0. The van der Waals surface area contributed by atoms with Crippen molar-refractivity contribution in [3.63, 3.8) is 0 Å². The fraction of sp³-hybridized carbons (Fsp3) is 0.733. The Labute approximate surface area is 126 Å². The lowest BCUT2D eigenvalue weighted by Gasteiger charge is -2.24. The van der Waals surface area contributed by atoms with Crippen LogP contribution < -0.4 is 10.6 Å². The quantitative estimate of drug-likeness (QED) is 0.841. The van der Waals surface area contributed by atoms with E-state index < -0.39 is 0 Å². The minimum Gasteiger partial charge on any atom is -0.370 e. The van der Waals surface area contributed by atoms with Gasteiger partial charge in [-0.05, 0) is 37.7 Å². The van der Waals surface area contributed by atoms with Gasteiger partial charge in [-0.1, -0.05) is 13.8 Å². The summed E-state index contributed by atoms with van der Waals surface area (Å²) in [7, 11) is 0. The molecule has 1 aliphatic heterocycles. The first kappa shape index (κ1) is 15.4. The van der Waals surface area contributed by atoms with Crippen molar-refractivity contribution in [2.24, 2.45) is 0 Å². The molecule has 0 bridgehead atoms. The number of hydrogen-bond donors (Lipinski definition) is 2. The number of aromatic nitrogens is 2. The second kappa shape index (κ2) is 7.72. The Morgan fingerprint density at radius 2 is 1.85 bits per heavy atom. The van der Waals surface area contributed by atoms with Crippen molar-refractivity contribution in [2.75, 3.05) is 28.7 Å². The monoisotopic (exact) mass is 294 g/mol. The molecule has 5 heteroatoms. The van der Waals surface area contributed by atoms with Crippen LogP contribution in [-0.4, -0.2) is 34.1 Å². The molecule has 2 N–H and O–H groups in total. The van der Waals surface area contributed by atoms with Crippen molar-refractivity contribution in [3.8, 4) is 0 Å². The van der Waals surface area contributed by atoms with Gasteiger partial charge in [-0.3, -0.25) is 0 Å². The number of anilines is 2. The van der Waals surface area contributed by atoms with Gasteiger partial charge in [0.05, 0.1) is 0 Å². The minimum absolute atomic E-state index is 0.564. The molecule has 1 aromatic rings. The van der Waals surface area contributed by atoms with Crippen LogP contribution in [0.3, 0.4) is 0 Å². The number of aryl methyl sites for hydroxylation is 1. The maximum atomic E-state index is 4.68. The molecule has 2 rings (SSSR count). The van der Waals surface area contributed by atoms with E-state index in [0.717, 1.165) is 42.4 Å². The van der Waals surface area contributed by atoms with Gasteiger partial charge >= 0.3 is 0 Å². The van der Waals surface area contributed by atoms with Gasteiger partial charge in [-0.15, -0.1) is 0 Å². The van der Waals surface area contributed by atoms with Gasteiger partial charge in [0.1, 0.15) is 17.5 Å². The summed E-state index contributed by atoms with van der Waals surface area (Å²) in [6, 6.07) is 0.564. The predicted molar refractivity (Wildman–Crippen MR) is 88.9 cm³/mol. The maximum Gasteiger partial charge on any atom is 0.134 e. The van der Waals surface area contributed by atoms with E-state index in [1.54, 1.807) is 0 Å². The lowest BCUT2D eigenvalue weighted by molar-refractivity contribution is 0.661. The van der Waals surface area contributed by atoms with E-state index in [1.165, 1.54) is 24.3 Å². The van der Waals surface area contributed by atoms with Crippen LogP contribution in [0.25, 0.3) is 0 Å². The van der Waals surface area contributed by atoms with Crippen molar-refractivity contribution in [1.82, 2.24) is 9.97 Å². The Hall–Kier alpha value is -0.970. The molecule has 20 heavy (non-hydrogen) atoms. The average molecular weight is 294 g/mol. The van der Waals surface area contributed by atoms with E-state index in [9.17, 15) is 0 Å². The molecule has 0 unspecified atom stereocenters. The first-order valence-electron chi connectivity index (χ1n) is 7.70. The highest BCUT2D eigenvalue weighted by molar-refractivity contribution is 7.99. The third kappa shape index (κ3) is 4.01. The fourth-order valence-electron chi connectivity index (χ4n) is 2.31. The molecule has 0 aliphatic carbocycles. The van der Waals surface area contributed by atoms with Crippen molar-refractivity contribution < 1.29 is 0 Å². The molecule has 2 heterocycles. The van der Waals surface area contributed by atoms with E-state index in [4.69, 9.17) is 0 Å². The standard InChI is InChI=1S/C15H26N4S/c1-4-8-16-14-11(3)15(19-13(5-2)18-14)17-12-6-9-20-10-7-12/h12H,4-10H2,1-3H3,(H2,16,17,18,19). The molecule has 0 spiro atoms. The van der Waals surface area contributed by atoms with Gasteiger partial charge in [0.15, 0.2) is 0 Å². The van der Waals surface area contributed by atoms with Gasteiger partial charge in [-0.25, -0.2) is 9.97 Å². The maximum absolute atomic E-state index is 4.68. The number of nitrogens with zero attached hydrogens (tertiary/aromatic N) is 2. The molecule has 0 saturated carbocycles. The summed E-state index contributed by atoms with van der Waals surface area (Å²) >= 11 is 2.05. The van der Waals surface area contributed by atoms with Crippen molar-refractivity contribution in [2.45, 2.75) is 52.5 Å². The van der Waals surface area contributed by atoms with Gasteiger partial charge < -0.3 is 10.6 Å². The first-order chi connectivity index (χ1) is 9.74. The second-order valence-corrected chi connectivity index (χ2v) is 6.50. The van der Waals surface area contributed by atoms with E-state index in [1.807, 2.05) is 0 Å². The zero-order valence-electron chi connectivity index (χ0n) is 12.8. The highest BCUT2D eigenvalue weighted by atomic mass is 32.2. The molecule has 0 radical (unpaired) electrons. The average Bonchev–Trinajstić information content (AvgIpc) is 2.49. The Morgan fingerprint density at radius 3 is 2.50 bits per heavy atom. The SMILES string of the molecule is CCCNc1nc(CC)nc(NC2CCSCC2)c1C. The van der Waals surface area contributed by atoms with Gasteiger partial charge in [0.25, 0.3) is 0 Å². The van der Waals surface area contributed by atoms with Crippen LogP contribution in [0.1, 0.15) is 44.5 Å². The van der Waals surface area contributed by atoms with Gasteiger partial charge in [-0.2, -0.15) is 11.8 Å². The summed E-state index contributed by atoms with van der Waals surface area (Å²) in [5.41, 5.74) is 1.15. The van der Waals surface area contributed by atoms with Crippen LogP contribution in [0.15, 0.2) is 0 Å². The summed E-state index contributed by atoms with van der Waals surface area (Å²) in [5, 5.41) is 7.06. The molecule has 1 saturated heterocycles. The van der Waals surface area contributed by atoms with Crippen LogP contribution in [0.5, 0.6) is 0 Å². The Kier molecular flexibility index (Phi) is 5.95. The Bertz CT molecular complexity index is 430. The van der Waals surface area contributed by atoms with Crippen LogP contribution in [0.4, 0.5) is 11.6 Å². The molecule has 4 nitrogen and oxygen atoms in total. The molecule has 0 amide bonds. The minimum atomic E-state index is 0.564. The van der Waals surface area contributed by atoms with Crippen LogP contribution in [0, 0.1) is 6.92 Å². The second-order valence-electron chi connectivity index (χ2n) is 5.27. The van der Waals surface area contributed by atoms with Crippen LogP contribution in [0.2, 0.25) is 0 Å². The Balaban J connectivity index is 2.16. The molecule has 1 aliphatic rings. The number of nitrogens with one attached hydrogen (secondary N) is 2. The van der Waals surface area contributed by atoms with Crippen LogP contribution in [-0.2, 0) is 6.42 Å². The van der Waals surface area contributed by atoms with E-state index >= 15 is 0 Å². The zero-order valence-corrected chi connectivity index (χ0v) is 13.6. The molecule has 112 valence electrons. The fourth-order valence-corrected chi connectivity index (χ4v) is 3.42. The largest absolute Gasteiger partial charge is 0.370 e. The van der Waals surface area contributed by atoms with Crippen LogP contribution >= 0.6 is 11.8 Å². The van der Waals surface area contributed by atoms with Crippen molar-refractivity contribution in [1.29, 1.82) is 0 Å². The Morgan fingerprint density at radius 1 is 1.15 bits per heavy atom. The third-order valence-electron chi connectivity index (χ3n) is 3.61.